The Hall–Kier alpha value is -0.280. The minimum atomic E-state index is 0.230. The second-order valence-corrected chi connectivity index (χ2v) is 4.39. The largest absolute Gasteiger partial charge is 0.491 e. The highest BCUT2D eigenvalue weighted by molar-refractivity contribution is 8.68. The molecule has 0 aliphatic rings. The van der Waals surface area contributed by atoms with Crippen molar-refractivity contribution in [1.82, 2.24) is 0 Å². The van der Waals surface area contributed by atoms with Gasteiger partial charge in [-0.05, 0) is 44.5 Å². The Morgan fingerprint density at radius 1 is 1.38 bits per heavy atom. The molecule has 1 rings (SSSR count). The van der Waals surface area contributed by atoms with Crippen LogP contribution in [0.2, 0.25) is 0 Å². The molecule has 0 aliphatic heterocycles. The Kier molecular flexibility index (Phi) is 4.00. The fraction of sp³-hybridized carbons (Fsp3) is 0.400. The molecule has 13 heavy (non-hydrogen) atoms. The molecule has 0 amide bonds. The molecule has 0 atom stereocenters. The SMILES string of the molecule is Cc1cc(SS)ccc1OC(C)C. The topological polar surface area (TPSA) is 9.23 Å². The lowest BCUT2D eigenvalue weighted by Crippen LogP contribution is -2.06. The van der Waals surface area contributed by atoms with Crippen LogP contribution in [-0.4, -0.2) is 6.10 Å². The maximum Gasteiger partial charge on any atom is 0.122 e. The molecule has 0 N–H and O–H groups in total. The zero-order valence-electron chi connectivity index (χ0n) is 8.07. The number of rotatable bonds is 3. The summed E-state index contributed by atoms with van der Waals surface area (Å²) in [6.07, 6.45) is 0.230. The van der Waals surface area contributed by atoms with E-state index < -0.39 is 0 Å². The predicted molar refractivity (Wildman–Crippen MR) is 61.8 cm³/mol. The Morgan fingerprint density at radius 2 is 2.08 bits per heavy atom. The van der Waals surface area contributed by atoms with Gasteiger partial charge in [-0.25, -0.2) is 0 Å². The molecule has 0 aromatic heterocycles. The summed E-state index contributed by atoms with van der Waals surface area (Å²) in [5.41, 5.74) is 1.16. The van der Waals surface area contributed by atoms with Gasteiger partial charge in [0.15, 0.2) is 0 Å². The average Bonchev–Trinajstić information content (AvgIpc) is 2.08. The van der Waals surface area contributed by atoms with Crippen LogP contribution in [0.25, 0.3) is 0 Å². The summed E-state index contributed by atoms with van der Waals surface area (Å²) >= 11 is 4.14. The number of ether oxygens (including phenoxy) is 1. The van der Waals surface area contributed by atoms with Gasteiger partial charge in [-0.2, -0.15) is 0 Å². The van der Waals surface area contributed by atoms with E-state index in [1.807, 2.05) is 32.9 Å². The highest BCUT2D eigenvalue weighted by Crippen LogP contribution is 2.27. The molecule has 1 aromatic rings. The van der Waals surface area contributed by atoms with E-state index in [1.54, 1.807) is 0 Å². The van der Waals surface area contributed by atoms with Gasteiger partial charge in [0.25, 0.3) is 0 Å². The quantitative estimate of drug-likeness (QED) is 0.606. The lowest BCUT2D eigenvalue weighted by Gasteiger charge is -2.12. The minimum Gasteiger partial charge on any atom is -0.491 e. The summed E-state index contributed by atoms with van der Waals surface area (Å²) in [5, 5.41) is 0. The van der Waals surface area contributed by atoms with Crippen LogP contribution >= 0.6 is 22.5 Å². The maximum absolute atomic E-state index is 5.61. The Balaban J connectivity index is 2.85. The molecule has 0 spiro atoms. The van der Waals surface area contributed by atoms with Crippen LogP contribution < -0.4 is 4.74 Å². The summed E-state index contributed by atoms with van der Waals surface area (Å²) in [4.78, 5) is 1.15. The highest BCUT2D eigenvalue weighted by atomic mass is 33.1. The molecule has 0 bridgehead atoms. The van der Waals surface area contributed by atoms with Gasteiger partial charge in [0.2, 0.25) is 0 Å². The van der Waals surface area contributed by atoms with Gasteiger partial charge in [0.1, 0.15) is 5.75 Å². The molecule has 72 valence electrons. The summed E-state index contributed by atoms with van der Waals surface area (Å²) in [5.74, 6) is 0.959. The Morgan fingerprint density at radius 3 is 2.54 bits per heavy atom. The van der Waals surface area contributed by atoms with Crippen molar-refractivity contribution in [3.05, 3.63) is 23.8 Å². The van der Waals surface area contributed by atoms with Crippen molar-refractivity contribution in [2.24, 2.45) is 0 Å². The van der Waals surface area contributed by atoms with E-state index in [4.69, 9.17) is 4.74 Å². The Bertz CT molecular complexity index is 284. The van der Waals surface area contributed by atoms with Crippen LogP contribution in [0.4, 0.5) is 0 Å². The first-order valence-electron chi connectivity index (χ1n) is 4.22. The van der Waals surface area contributed by atoms with Crippen LogP contribution in [0, 0.1) is 6.92 Å². The zero-order valence-corrected chi connectivity index (χ0v) is 9.78. The second-order valence-electron chi connectivity index (χ2n) is 3.19. The highest BCUT2D eigenvalue weighted by Gasteiger charge is 2.02. The van der Waals surface area contributed by atoms with Crippen LogP contribution in [0.3, 0.4) is 0 Å². The fourth-order valence-corrected chi connectivity index (χ4v) is 1.76. The van der Waals surface area contributed by atoms with E-state index in [0.717, 1.165) is 16.2 Å². The molecule has 0 fully saturated rings. The molecule has 0 saturated carbocycles. The molecule has 1 aromatic carbocycles. The van der Waals surface area contributed by atoms with Gasteiger partial charge in [-0.3, -0.25) is 0 Å². The van der Waals surface area contributed by atoms with Crippen LogP contribution in [0.1, 0.15) is 19.4 Å². The first kappa shape index (κ1) is 10.8. The summed E-state index contributed by atoms with van der Waals surface area (Å²) < 4.78 is 5.61. The van der Waals surface area contributed by atoms with Gasteiger partial charge in [0, 0.05) is 4.90 Å². The average molecular weight is 214 g/mol. The standard InChI is InChI=1S/C10H14OS2/c1-7(2)11-10-5-4-9(13-12)6-8(10)3/h4-7,12H,1-3H3. The van der Waals surface area contributed by atoms with E-state index in [2.05, 4.69) is 17.7 Å². The third-order valence-corrected chi connectivity index (χ3v) is 2.71. The monoisotopic (exact) mass is 214 g/mol. The molecule has 0 saturated heterocycles. The van der Waals surface area contributed by atoms with E-state index >= 15 is 0 Å². The second kappa shape index (κ2) is 4.82. The molecule has 0 heterocycles. The van der Waals surface area contributed by atoms with Gasteiger partial charge in [0.05, 0.1) is 6.10 Å². The van der Waals surface area contributed by atoms with Gasteiger partial charge < -0.3 is 4.74 Å². The third-order valence-electron chi connectivity index (χ3n) is 1.61. The lowest BCUT2D eigenvalue weighted by atomic mass is 10.2. The van der Waals surface area contributed by atoms with Crippen molar-refractivity contribution < 1.29 is 4.74 Å². The van der Waals surface area contributed by atoms with E-state index in [9.17, 15) is 0 Å². The molecule has 1 nitrogen and oxygen atoms in total. The molecule has 0 unspecified atom stereocenters. The predicted octanol–water partition coefficient (Wildman–Crippen LogP) is 3.72. The molecular formula is C10H14OS2. The normalized spacial score (nSPS) is 10.5. The zero-order chi connectivity index (χ0) is 9.84. The molecule has 0 radical (unpaired) electrons. The Labute approximate surface area is 88.7 Å². The lowest BCUT2D eigenvalue weighted by molar-refractivity contribution is 0.240. The minimum absolute atomic E-state index is 0.230. The number of aryl methyl sites for hydroxylation is 1. The van der Waals surface area contributed by atoms with E-state index in [0.29, 0.717) is 0 Å². The van der Waals surface area contributed by atoms with E-state index in [1.165, 1.54) is 10.8 Å². The summed E-state index contributed by atoms with van der Waals surface area (Å²) in [6.45, 7) is 6.10. The smallest absolute Gasteiger partial charge is 0.122 e. The fourth-order valence-electron chi connectivity index (χ4n) is 1.06. The first-order valence-corrected chi connectivity index (χ1v) is 6.09. The van der Waals surface area contributed by atoms with Crippen LogP contribution in [0.5, 0.6) is 5.75 Å². The molecular weight excluding hydrogens is 200 g/mol. The van der Waals surface area contributed by atoms with Crippen LogP contribution in [0.15, 0.2) is 23.1 Å². The van der Waals surface area contributed by atoms with Crippen molar-refractivity contribution in [1.29, 1.82) is 0 Å². The van der Waals surface area contributed by atoms with Crippen LogP contribution in [-0.2, 0) is 0 Å². The number of thiol groups is 1. The molecule has 3 heteroatoms. The number of hydrogen-bond donors (Lipinski definition) is 1. The first-order chi connectivity index (χ1) is 6.13. The third kappa shape index (κ3) is 3.16. The summed E-state index contributed by atoms with van der Waals surface area (Å²) in [7, 11) is 1.45. The van der Waals surface area contributed by atoms with Gasteiger partial charge in [-0.1, -0.05) is 10.8 Å². The number of hydrogen-bond acceptors (Lipinski definition) is 3. The summed E-state index contributed by atoms with van der Waals surface area (Å²) in [6, 6.07) is 6.09. The molecule has 0 aliphatic carbocycles. The van der Waals surface area contributed by atoms with Crippen molar-refractivity contribution in [3.63, 3.8) is 0 Å². The van der Waals surface area contributed by atoms with Gasteiger partial charge >= 0.3 is 0 Å². The van der Waals surface area contributed by atoms with Crippen molar-refractivity contribution in [2.45, 2.75) is 31.8 Å². The van der Waals surface area contributed by atoms with Crippen molar-refractivity contribution in [2.75, 3.05) is 0 Å². The maximum atomic E-state index is 5.61. The van der Waals surface area contributed by atoms with E-state index in [-0.39, 0.29) is 6.10 Å². The van der Waals surface area contributed by atoms with Crippen molar-refractivity contribution >= 4 is 22.5 Å². The van der Waals surface area contributed by atoms with Gasteiger partial charge in [-0.15, -0.1) is 11.7 Å². The van der Waals surface area contributed by atoms with Crippen molar-refractivity contribution in [3.8, 4) is 5.75 Å². The number of benzene rings is 1.